The predicted octanol–water partition coefficient (Wildman–Crippen LogP) is 17.8. The number of nitrogens with zero attached hydrogens (tertiary/aromatic N) is 4. The molecule has 0 spiro atoms. The van der Waals surface area contributed by atoms with Crippen molar-refractivity contribution < 1.29 is 62.3 Å². The average molecular weight is 1100 g/mol. The van der Waals surface area contributed by atoms with Gasteiger partial charge in [-0.15, -0.1) is 0 Å². The molecule has 402 valence electrons. The molecule has 0 aliphatic carbocycles. The number of anilines is 6. The van der Waals surface area contributed by atoms with Gasteiger partial charge in [0, 0.05) is 46.5 Å². The quantitative estimate of drug-likeness (QED) is 0.114. The van der Waals surface area contributed by atoms with Crippen LogP contribution in [0.3, 0.4) is 0 Å². The molecule has 6 nitrogen and oxygen atoms in total. The number of hydrogen-bond donors (Lipinski definition) is 0. The van der Waals surface area contributed by atoms with Gasteiger partial charge in [0.25, 0.3) is 11.8 Å². The fraction of sp³-hybridized carbons (Fsp3) is 0.0645. The Bertz CT molecular complexity index is 3340. The Kier molecular flexibility index (Phi) is 14.1. The standard InChI is InChI=1S/C62H38F12N4O2/c63-59(64,65)43-15-27-49(28-16-43)77(50-29-17-44(18-30-50)60(66,67)68)47-23-11-41(12-24-47)55-53-54(57(79)75(55)37-35-39-7-3-1-4-8-39)56(76(58(53)80)38-36-40-9-5-2-6-10-40)42-13-25-48(26-14-42)78(51-31-19-45(20-32-51)61(69,70)71)52-33-21-46(22-34-52)62(72,73)74/h1-38H/b37-35+,38-36+. The highest BCUT2D eigenvalue weighted by Gasteiger charge is 2.48. The molecule has 2 heterocycles. The molecule has 80 heavy (non-hydrogen) atoms. The minimum Gasteiger partial charge on any atom is -0.311 e. The predicted molar refractivity (Wildman–Crippen MR) is 281 cm³/mol. The van der Waals surface area contributed by atoms with Crippen LogP contribution >= 0.6 is 0 Å². The number of alkyl halides is 12. The molecule has 2 aliphatic rings. The van der Waals surface area contributed by atoms with Crippen LogP contribution in [0.1, 0.15) is 44.5 Å². The maximum atomic E-state index is 15.3. The Morgan fingerprint density at radius 2 is 0.525 bits per heavy atom. The van der Waals surface area contributed by atoms with Crippen molar-refractivity contribution in [1.29, 1.82) is 0 Å². The normalized spacial score (nSPS) is 14.3. The number of carbonyl (C=O) groups is 2. The summed E-state index contributed by atoms with van der Waals surface area (Å²) in [7, 11) is 0. The van der Waals surface area contributed by atoms with Gasteiger partial charge < -0.3 is 9.80 Å². The van der Waals surface area contributed by atoms with Crippen LogP contribution in [0.2, 0.25) is 0 Å². The van der Waals surface area contributed by atoms with E-state index in [1.54, 1.807) is 97.1 Å². The van der Waals surface area contributed by atoms with Gasteiger partial charge in [0.1, 0.15) is 0 Å². The maximum Gasteiger partial charge on any atom is 0.416 e. The maximum absolute atomic E-state index is 15.3. The summed E-state index contributed by atoms with van der Waals surface area (Å²) in [6.07, 6.45) is -12.5. The SMILES string of the molecule is O=C1C2=C(c3ccc(N(c4ccc(C(F)(F)F)cc4)c4ccc(C(F)(F)F)cc4)cc3)N(/C=C/c3ccccc3)C(=O)C2=C(c2ccc(N(c3ccc(C(F)(F)F)cc3)c3ccc(C(F)(F)F)cc3)cc2)N1/C=C/c1ccccc1. The fourth-order valence-electron chi connectivity index (χ4n) is 9.27. The first-order valence-corrected chi connectivity index (χ1v) is 24.2. The van der Waals surface area contributed by atoms with Crippen LogP contribution in [0.5, 0.6) is 0 Å². The molecule has 0 radical (unpaired) electrons. The van der Waals surface area contributed by atoms with Crippen molar-refractivity contribution in [2.45, 2.75) is 24.7 Å². The Hall–Kier alpha value is -9.58. The van der Waals surface area contributed by atoms with Crippen molar-refractivity contribution in [1.82, 2.24) is 9.80 Å². The molecule has 18 heteroatoms. The molecule has 8 aromatic rings. The zero-order chi connectivity index (χ0) is 56.7. The second-order valence-electron chi connectivity index (χ2n) is 18.2. The Morgan fingerprint density at radius 1 is 0.300 bits per heavy atom. The van der Waals surface area contributed by atoms with Crippen molar-refractivity contribution in [2.24, 2.45) is 0 Å². The molecule has 8 aromatic carbocycles. The molecule has 0 atom stereocenters. The molecule has 0 saturated carbocycles. The van der Waals surface area contributed by atoms with E-state index < -0.39 is 58.8 Å². The summed E-state index contributed by atoms with van der Waals surface area (Å²) in [6, 6.07) is 46.3. The molecule has 0 fully saturated rings. The van der Waals surface area contributed by atoms with Gasteiger partial charge in [-0.2, -0.15) is 52.7 Å². The lowest BCUT2D eigenvalue weighted by Gasteiger charge is -2.27. The van der Waals surface area contributed by atoms with Gasteiger partial charge in [-0.3, -0.25) is 19.4 Å². The highest BCUT2D eigenvalue weighted by molar-refractivity contribution is 6.31. The summed E-state index contributed by atoms with van der Waals surface area (Å²) in [5.41, 5.74) is -0.572. The van der Waals surface area contributed by atoms with Gasteiger partial charge >= 0.3 is 24.7 Å². The lowest BCUT2D eigenvalue weighted by atomic mass is 10.0. The summed E-state index contributed by atoms with van der Waals surface area (Å²) >= 11 is 0. The van der Waals surface area contributed by atoms with Crippen molar-refractivity contribution in [3.05, 3.63) is 274 Å². The van der Waals surface area contributed by atoms with Crippen LogP contribution in [-0.2, 0) is 34.3 Å². The highest BCUT2D eigenvalue weighted by atomic mass is 19.4. The van der Waals surface area contributed by atoms with Gasteiger partial charge in [-0.05, 0) is 156 Å². The first kappa shape index (κ1) is 53.8. The zero-order valence-corrected chi connectivity index (χ0v) is 41.1. The third-order valence-corrected chi connectivity index (χ3v) is 13.1. The van der Waals surface area contributed by atoms with E-state index in [1.165, 1.54) is 105 Å². The van der Waals surface area contributed by atoms with Crippen LogP contribution < -0.4 is 9.80 Å². The summed E-state index contributed by atoms with van der Waals surface area (Å²) < 4.78 is 164. The summed E-state index contributed by atoms with van der Waals surface area (Å²) in [4.78, 5) is 36.0. The molecule has 0 unspecified atom stereocenters. The van der Waals surface area contributed by atoms with Crippen molar-refractivity contribution >= 4 is 69.5 Å². The van der Waals surface area contributed by atoms with Crippen LogP contribution in [0.25, 0.3) is 23.5 Å². The molecular formula is C62H38F12N4O2. The van der Waals surface area contributed by atoms with Crippen molar-refractivity contribution in [2.75, 3.05) is 9.80 Å². The topological polar surface area (TPSA) is 47.1 Å². The minimum atomic E-state index is -4.69. The average Bonchev–Trinajstić information content (AvgIpc) is 3.93. The third-order valence-electron chi connectivity index (χ3n) is 13.1. The minimum absolute atomic E-state index is 0.0456. The second kappa shape index (κ2) is 21.0. The molecule has 0 bridgehead atoms. The van der Waals surface area contributed by atoms with E-state index in [4.69, 9.17) is 0 Å². The van der Waals surface area contributed by atoms with Crippen molar-refractivity contribution in [3.63, 3.8) is 0 Å². The number of amides is 2. The third kappa shape index (κ3) is 11.0. The highest BCUT2D eigenvalue weighted by Crippen LogP contribution is 2.49. The summed E-state index contributed by atoms with van der Waals surface area (Å²) in [5, 5.41) is 0. The Labute approximate surface area is 449 Å². The monoisotopic (exact) mass is 1100 g/mol. The first-order valence-electron chi connectivity index (χ1n) is 24.2. The van der Waals surface area contributed by atoms with E-state index >= 15 is 9.59 Å². The molecule has 0 N–H and O–H groups in total. The molecule has 0 aromatic heterocycles. The number of benzene rings is 8. The number of hydrogen-bond acceptors (Lipinski definition) is 4. The van der Waals surface area contributed by atoms with Gasteiger partial charge in [0.15, 0.2) is 0 Å². The lowest BCUT2D eigenvalue weighted by Crippen LogP contribution is -2.24. The van der Waals surface area contributed by atoms with Crippen LogP contribution in [-0.4, -0.2) is 21.6 Å². The Morgan fingerprint density at radius 3 is 0.750 bits per heavy atom. The van der Waals surface area contributed by atoms with Gasteiger partial charge in [0.05, 0.1) is 44.8 Å². The summed E-state index contributed by atoms with van der Waals surface area (Å²) in [5.74, 6) is -1.30. The lowest BCUT2D eigenvalue weighted by molar-refractivity contribution is -0.138. The van der Waals surface area contributed by atoms with E-state index in [-0.39, 0.29) is 56.7 Å². The van der Waals surface area contributed by atoms with Crippen molar-refractivity contribution in [3.8, 4) is 0 Å². The number of fused-ring (bicyclic) bond motifs is 1. The van der Waals surface area contributed by atoms with E-state index in [0.717, 1.165) is 48.5 Å². The van der Waals surface area contributed by atoms with E-state index in [1.807, 2.05) is 0 Å². The van der Waals surface area contributed by atoms with Crippen LogP contribution in [0.15, 0.2) is 230 Å². The summed E-state index contributed by atoms with van der Waals surface area (Å²) in [6.45, 7) is 0. The van der Waals surface area contributed by atoms with Gasteiger partial charge in [-0.1, -0.05) is 84.9 Å². The van der Waals surface area contributed by atoms with Gasteiger partial charge in [-0.25, -0.2) is 0 Å². The van der Waals surface area contributed by atoms with Gasteiger partial charge in [0.2, 0.25) is 0 Å². The van der Waals surface area contributed by atoms with E-state index in [2.05, 4.69) is 0 Å². The van der Waals surface area contributed by atoms with E-state index in [9.17, 15) is 52.7 Å². The molecule has 10 rings (SSSR count). The second-order valence-corrected chi connectivity index (χ2v) is 18.2. The fourth-order valence-corrected chi connectivity index (χ4v) is 9.27. The molecular weight excluding hydrogens is 1060 g/mol. The molecule has 2 aliphatic heterocycles. The number of carbonyl (C=O) groups excluding carboxylic acids is 2. The van der Waals surface area contributed by atoms with Crippen LogP contribution in [0, 0.1) is 0 Å². The number of rotatable bonds is 12. The first-order chi connectivity index (χ1) is 38.0. The largest absolute Gasteiger partial charge is 0.416 e. The zero-order valence-electron chi connectivity index (χ0n) is 41.1. The molecule has 0 saturated heterocycles. The Balaban J connectivity index is 1.12. The van der Waals surface area contributed by atoms with Crippen LogP contribution in [0.4, 0.5) is 86.8 Å². The van der Waals surface area contributed by atoms with E-state index in [0.29, 0.717) is 22.3 Å². The number of halogens is 12. The molecule has 2 amide bonds. The smallest absolute Gasteiger partial charge is 0.311 e.